The van der Waals surface area contributed by atoms with Gasteiger partial charge in [0.15, 0.2) is 0 Å². The van der Waals surface area contributed by atoms with Gasteiger partial charge in [-0.2, -0.15) is 0 Å². The first kappa shape index (κ1) is 14.3. The Balaban J connectivity index is 1.40. The standard InChI is InChI=1S/C15H26N2O3/c16-13-11-5-3-9-20-15(11)14(13)17-12(18)7-6-10-4-1-2-8-19-10/h10-11,13-15H,1-9,16H2,(H,17,18). The first-order valence-corrected chi connectivity index (χ1v) is 8.04. The Labute approximate surface area is 120 Å². The highest BCUT2D eigenvalue weighted by Crippen LogP contribution is 2.37. The Kier molecular flexibility index (Phi) is 4.58. The summed E-state index contributed by atoms with van der Waals surface area (Å²) < 4.78 is 11.4. The molecule has 3 rings (SSSR count). The molecular weight excluding hydrogens is 256 g/mol. The first-order chi connectivity index (χ1) is 9.75. The Hall–Kier alpha value is -0.650. The van der Waals surface area contributed by atoms with Crippen LogP contribution in [-0.4, -0.2) is 43.4 Å². The molecule has 114 valence electrons. The van der Waals surface area contributed by atoms with Crippen LogP contribution in [-0.2, 0) is 14.3 Å². The summed E-state index contributed by atoms with van der Waals surface area (Å²) >= 11 is 0. The van der Waals surface area contributed by atoms with Crippen molar-refractivity contribution in [3.63, 3.8) is 0 Å². The fraction of sp³-hybridized carbons (Fsp3) is 0.933. The molecule has 0 aromatic heterocycles. The number of carbonyl (C=O) groups is 1. The molecule has 0 spiro atoms. The second-order valence-corrected chi connectivity index (χ2v) is 6.34. The molecule has 1 aliphatic carbocycles. The number of hydrogen-bond donors (Lipinski definition) is 2. The van der Waals surface area contributed by atoms with Gasteiger partial charge in [-0.15, -0.1) is 0 Å². The lowest BCUT2D eigenvalue weighted by atomic mass is 9.68. The van der Waals surface area contributed by atoms with Crippen LogP contribution < -0.4 is 11.1 Å². The maximum absolute atomic E-state index is 12.0. The molecule has 0 radical (unpaired) electrons. The zero-order valence-electron chi connectivity index (χ0n) is 12.1. The molecule has 0 aromatic rings. The molecule has 5 atom stereocenters. The van der Waals surface area contributed by atoms with E-state index < -0.39 is 0 Å². The van der Waals surface area contributed by atoms with E-state index in [1.165, 1.54) is 6.42 Å². The van der Waals surface area contributed by atoms with Crippen molar-refractivity contribution in [1.29, 1.82) is 0 Å². The lowest BCUT2D eigenvalue weighted by molar-refractivity contribution is -0.139. The zero-order valence-corrected chi connectivity index (χ0v) is 12.1. The number of fused-ring (bicyclic) bond motifs is 1. The monoisotopic (exact) mass is 282 g/mol. The van der Waals surface area contributed by atoms with Crippen molar-refractivity contribution in [1.82, 2.24) is 5.32 Å². The van der Waals surface area contributed by atoms with Gasteiger partial charge in [-0.3, -0.25) is 4.79 Å². The Morgan fingerprint density at radius 2 is 2.00 bits per heavy atom. The van der Waals surface area contributed by atoms with Crippen LogP contribution in [0.4, 0.5) is 0 Å². The van der Waals surface area contributed by atoms with E-state index in [-0.39, 0.29) is 30.2 Å². The third kappa shape index (κ3) is 3.00. The summed E-state index contributed by atoms with van der Waals surface area (Å²) in [5.41, 5.74) is 6.15. The number of nitrogens with two attached hydrogens (primary N) is 1. The number of carbonyl (C=O) groups excluding carboxylic acids is 1. The van der Waals surface area contributed by atoms with E-state index in [1.807, 2.05) is 0 Å². The van der Waals surface area contributed by atoms with Gasteiger partial charge in [0.1, 0.15) is 0 Å². The lowest BCUT2D eigenvalue weighted by Gasteiger charge is -2.52. The summed E-state index contributed by atoms with van der Waals surface area (Å²) in [5.74, 6) is 0.531. The van der Waals surface area contributed by atoms with E-state index in [0.717, 1.165) is 45.3 Å². The fourth-order valence-corrected chi connectivity index (χ4v) is 3.71. The van der Waals surface area contributed by atoms with Crippen LogP contribution in [0.15, 0.2) is 0 Å². The smallest absolute Gasteiger partial charge is 0.220 e. The van der Waals surface area contributed by atoms with Crippen molar-refractivity contribution in [3.05, 3.63) is 0 Å². The summed E-state index contributed by atoms with van der Waals surface area (Å²) in [6.45, 7) is 1.65. The highest BCUT2D eigenvalue weighted by Gasteiger charge is 2.50. The maximum Gasteiger partial charge on any atom is 0.220 e. The molecule has 2 aliphatic heterocycles. The van der Waals surface area contributed by atoms with Gasteiger partial charge < -0.3 is 20.5 Å². The van der Waals surface area contributed by atoms with E-state index in [9.17, 15) is 4.79 Å². The maximum atomic E-state index is 12.0. The predicted octanol–water partition coefficient (Wildman–Crippen LogP) is 0.957. The SMILES string of the molecule is NC1C2CCCOC2C1NC(=O)CCC1CCCCO1. The van der Waals surface area contributed by atoms with Crippen molar-refractivity contribution in [3.8, 4) is 0 Å². The van der Waals surface area contributed by atoms with Gasteiger partial charge in [0.05, 0.1) is 18.2 Å². The minimum atomic E-state index is 0.0140. The van der Waals surface area contributed by atoms with E-state index in [4.69, 9.17) is 15.2 Å². The highest BCUT2D eigenvalue weighted by molar-refractivity contribution is 5.76. The van der Waals surface area contributed by atoms with Crippen LogP contribution in [0.5, 0.6) is 0 Å². The molecule has 2 heterocycles. The summed E-state index contributed by atoms with van der Waals surface area (Å²) in [6.07, 6.45) is 7.45. The Morgan fingerprint density at radius 1 is 1.15 bits per heavy atom. The minimum Gasteiger partial charge on any atom is -0.378 e. The molecule has 5 heteroatoms. The quantitative estimate of drug-likeness (QED) is 0.805. The topological polar surface area (TPSA) is 73.6 Å². The van der Waals surface area contributed by atoms with Crippen LogP contribution in [0.25, 0.3) is 0 Å². The Bertz CT molecular complexity index is 344. The molecule has 3 aliphatic rings. The minimum absolute atomic E-state index is 0.0140. The molecule has 5 nitrogen and oxygen atoms in total. The van der Waals surface area contributed by atoms with Gasteiger partial charge in [0.2, 0.25) is 5.91 Å². The predicted molar refractivity (Wildman–Crippen MR) is 75.2 cm³/mol. The average molecular weight is 282 g/mol. The molecule has 0 aromatic carbocycles. The fourth-order valence-electron chi connectivity index (χ4n) is 3.71. The molecule has 0 bridgehead atoms. The summed E-state index contributed by atoms with van der Waals surface area (Å²) in [4.78, 5) is 12.0. The molecule has 3 fully saturated rings. The van der Waals surface area contributed by atoms with Gasteiger partial charge >= 0.3 is 0 Å². The van der Waals surface area contributed by atoms with Crippen molar-refractivity contribution in [2.75, 3.05) is 13.2 Å². The number of nitrogens with one attached hydrogen (secondary N) is 1. The van der Waals surface area contributed by atoms with Gasteiger partial charge in [-0.1, -0.05) is 0 Å². The highest BCUT2D eigenvalue weighted by atomic mass is 16.5. The van der Waals surface area contributed by atoms with Crippen molar-refractivity contribution in [2.24, 2.45) is 11.7 Å². The lowest BCUT2D eigenvalue weighted by Crippen LogP contribution is -2.72. The molecule has 2 saturated heterocycles. The van der Waals surface area contributed by atoms with Crippen molar-refractivity contribution in [2.45, 2.75) is 69.2 Å². The van der Waals surface area contributed by atoms with Gasteiger partial charge in [0.25, 0.3) is 0 Å². The summed E-state index contributed by atoms with van der Waals surface area (Å²) in [5, 5.41) is 3.06. The normalized spacial score (nSPS) is 40.5. The molecule has 1 saturated carbocycles. The first-order valence-electron chi connectivity index (χ1n) is 8.04. The van der Waals surface area contributed by atoms with Crippen LogP contribution in [0, 0.1) is 5.92 Å². The van der Waals surface area contributed by atoms with Crippen LogP contribution >= 0.6 is 0 Å². The van der Waals surface area contributed by atoms with Crippen LogP contribution in [0.2, 0.25) is 0 Å². The van der Waals surface area contributed by atoms with Gasteiger partial charge in [-0.25, -0.2) is 0 Å². The summed E-state index contributed by atoms with van der Waals surface area (Å²) in [6, 6.07) is 0.0789. The second-order valence-electron chi connectivity index (χ2n) is 6.34. The molecular formula is C15H26N2O3. The zero-order chi connectivity index (χ0) is 13.9. The number of ether oxygens (including phenoxy) is 2. The third-order valence-electron chi connectivity index (χ3n) is 4.97. The number of hydrogen-bond acceptors (Lipinski definition) is 4. The molecule has 1 amide bonds. The van der Waals surface area contributed by atoms with E-state index in [0.29, 0.717) is 12.3 Å². The van der Waals surface area contributed by atoms with Crippen molar-refractivity contribution < 1.29 is 14.3 Å². The number of amides is 1. The molecule has 20 heavy (non-hydrogen) atoms. The average Bonchev–Trinajstić information content (AvgIpc) is 2.51. The van der Waals surface area contributed by atoms with E-state index in [1.54, 1.807) is 0 Å². The van der Waals surface area contributed by atoms with E-state index in [2.05, 4.69) is 5.32 Å². The van der Waals surface area contributed by atoms with Gasteiger partial charge in [-0.05, 0) is 38.5 Å². The van der Waals surface area contributed by atoms with Crippen molar-refractivity contribution >= 4 is 5.91 Å². The van der Waals surface area contributed by atoms with Crippen LogP contribution in [0.1, 0.15) is 44.9 Å². The number of rotatable bonds is 4. The largest absolute Gasteiger partial charge is 0.378 e. The third-order valence-corrected chi connectivity index (χ3v) is 4.97. The van der Waals surface area contributed by atoms with Gasteiger partial charge in [0, 0.05) is 31.6 Å². The summed E-state index contributed by atoms with van der Waals surface area (Å²) in [7, 11) is 0. The van der Waals surface area contributed by atoms with Crippen LogP contribution in [0.3, 0.4) is 0 Å². The molecule has 3 N–H and O–H groups in total. The Morgan fingerprint density at radius 3 is 2.80 bits per heavy atom. The second kappa shape index (κ2) is 6.41. The van der Waals surface area contributed by atoms with E-state index >= 15 is 0 Å². The molecule has 5 unspecified atom stereocenters.